The Morgan fingerprint density at radius 1 is 1.05 bits per heavy atom. The van der Waals surface area contributed by atoms with E-state index in [4.69, 9.17) is 0 Å². The van der Waals surface area contributed by atoms with Crippen LogP contribution < -0.4 is 5.32 Å². The van der Waals surface area contributed by atoms with E-state index in [0.717, 1.165) is 13.0 Å². The van der Waals surface area contributed by atoms with Crippen LogP contribution in [0.1, 0.15) is 41.6 Å². The summed E-state index contributed by atoms with van der Waals surface area (Å²) in [6, 6.07) is 15.5. The van der Waals surface area contributed by atoms with Crippen LogP contribution in [0, 0.1) is 13.8 Å². The minimum Gasteiger partial charge on any atom is -0.306 e. The second-order valence-electron chi connectivity index (χ2n) is 5.26. The summed E-state index contributed by atoms with van der Waals surface area (Å²) in [6.45, 7) is 7.56. The first-order valence-corrected chi connectivity index (χ1v) is 7.97. The van der Waals surface area contributed by atoms with Gasteiger partial charge in [0.25, 0.3) is 0 Å². The fraction of sp³-hybridized carbons (Fsp3) is 0.333. The smallest absolute Gasteiger partial charge is 0.0579 e. The van der Waals surface area contributed by atoms with Gasteiger partial charge in [0, 0.05) is 4.47 Å². The van der Waals surface area contributed by atoms with E-state index < -0.39 is 0 Å². The Morgan fingerprint density at radius 2 is 1.75 bits per heavy atom. The minimum absolute atomic E-state index is 0.267. The van der Waals surface area contributed by atoms with Gasteiger partial charge in [0.15, 0.2) is 0 Å². The van der Waals surface area contributed by atoms with Gasteiger partial charge in [-0.25, -0.2) is 0 Å². The topological polar surface area (TPSA) is 12.0 Å². The zero-order chi connectivity index (χ0) is 14.5. The summed E-state index contributed by atoms with van der Waals surface area (Å²) in [5.74, 6) is 0. The number of aryl methyl sites for hydroxylation is 2. The Bertz CT molecular complexity index is 563. The van der Waals surface area contributed by atoms with E-state index in [0.29, 0.717) is 0 Å². The van der Waals surface area contributed by atoms with Crippen LogP contribution in [0.3, 0.4) is 0 Å². The maximum atomic E-state index is 3.67. The highest BCUT2D eigenvalue weighted by atomic mass is 79.9. The minimum atomic E-state index is 0.267. The summed E-state index contributed by atoms with van der Waals surface area (Å²) in [5, 5.41) is 3.67. The highest BCUT2D eigenvalue weighted by Gasteiger charge is 2.16. The fourth-order valence-electron chi connectivity index (χ4n) is 2.46. The molecule has 1 atom stereocenters. The molecule has 20 heavy (non-hydrogen) atoms. The van der Waals surface area contributed by atoms with E-state index in [9.17, 15) is 0 Å². The first-order chi connectivity index (χ1) is 9.63. The molecule has 2 aromatic rings. The molecule has 0 fully saturated rings. The summed E-state index contributed by atoms with van der Waals surface area (Å²) in [6.07, 6.45) is 1.14. The van der Waals surface area contributed by atoms with Gasteiger partial charge in [0.05, 0.1) is 6.04 Å². The van der Waals surface area contributed by atoms with Crippen molar-refractivity contribution in [1.29, 1.82) is 0 Å². The molecule has 0 amide bonds. The molecule has 0 saturated heterocycles. The van der Waals surface area contributed by atoms with Crippen LogP contribution in [0.15, 0.2) is 46.9 Å². The van der Waals surface area contributed by atoms with Gasteiger partial charge in [0.1, 0.15) is 0 Å². The van der Waals surface area contributed by atoms with Crippen molar-refractivity contribution in [2.75, 3.05) is 6.54 Å². The maximum Gasteiger partial charge on any atom is 0.0579 e. The second-order valence-corrected chi connectivity index (χ2v) is 6.11. The molecular weight excluding hydrogens is 310 g/mol. The molecule has 2 aromatic carbocycles. The molecule has 0 aliphatic heterocycles. The van der Waals surface area contributed by atoms with Crippen molar-refractivity contribution in [1.82, 2.24) is 5.32 Å². The number of nitrogens with one attached hydrogen (secondary N) is 1. The van der Waals surface area contributed by atoms with Crippen LogP contribution in [0.5, 0.6) is 0 Å². The van der Waals surface area contributed by atoms with E-state index in [2.05, 4.69) is 84.5 Å². The van der Waals surface area contributed by atoms with Crippen LogP contribution in [0.2, 0.25) is 0 Å². The van der Waals surface area contributed by atoms with Gasteiger partial charge < -0.3 is 5.32 Å². The summed E-state index contributed by atoms with van der Waals surface area (Å²) >= 11 is 3.62. The zero-order valence-corrected chi connectivity index (χ0v) is 14.0. The maximum absolute atomic E-state index is 3.67. The van der Waals surface area contributed by atoms with Crippen molar-refractivity contribution >= 4 is 15.9 Å². The highest BCUT2D eigenvalue weighted by molar-refractivity contribution is 9.10. The van der Waals surface area contributed by atoms with Gasteiger partial charge >= 0.3 is 0 Å². The molecule has 0 bridgehead atoms. The molecule has 1 N–H and O–H groups in total. The molecule has 1 unspecified atom stereocenters. The molecule has 0 aliphatic rings. The third-order valence-corrected chi connectivity index (χ3v) is 4.44. The quantitative estimate of drug-likeness (QED) is 0.798. The van der Waals surface area contributed by atoms with Crippen LogP contribution in [0.25, 0.3) is 0 Å². The monoisotopic (exact) mass is 331 g/mol. The van der Waals surface area contributed by atoms with Crippen molar-refractivity contribution < 1.29 is 0 Å². The van der Waals surface area contributed by atoms with E-state index in [1.807, 2.05) is 0 Å². The van der Waals surface area contributed by atoms with Gasteiger partial charge in [-0.2, -0.15) is 0 Å². The van der Waals surface area contributed by atoms with Gasteiger partial charge in [-0.05, 0) is 55.1 Å². The lowest BCUT2D eigenvalue weighted by Crippen LogP contribution is -2.24. The molecule has 0 saturated carbocycles. The summed E-state index contributed by atoms with van der Waals surface area (Å²) < 4.78 is 1.18. The lowest BCUT2D eigenvalue weighted by Gasteiger charge is -2.22. The largest absolute Gasteiger partial charge is 0.306 e. The molecule has 2 heteroatoms. The van der Waals surface area contributed by atoms with Gasteiger partial charge in [-0.15, -0.1) is 0 Å². The van der Waals surface area contributed by atoms with Crippen molar-refractivity contribution in [3.8, 4) is 0 Å². The number of halogens is 1. The Morgan fingerprint density at radius 3 is 2.40 bits per heavy atom. The molecule has 1 nitrogen and oxygen atoms in total. The normalized spacial score (nSPS) is 12.4. The predicted molar refractivity (Wildman–Crippen MR) is 90.2 cm³/mol. The summed E-state index contributed by atoms with van der Waals surface area (Å²) in [5.41, 5.74) is 5.29. The third-order valence-electron chi connectivity index (χ3n) is 3.59. The molecular formula is C18H22BrN. The standard InChI is InChI=1S/C18H22BrN/c1-4-10-20-18(15-8-6-5-7-9-15)16-11-14(3)17(19)12-13(16)2/h5-9,11-12,18,20H,4,10H2,1-3H3. The molecule has 0 spiro atoms. The number of hydrogen-bond acceptors (Lipinski definition) is 1. The van der Waals surface area contributed by atoms with Crippen molar-refractivity contribution in [2.24, 2.45) is 0 Å². The zero-order valence-electron chi connectivity index (χ0n) is 12.4. The summed E-state index contributed by atoms with van der Waals surface area (Å²) in [7, 11) is 0. The molecule has 2 rings (SSSR count). The molecule has 106 valence electrons. The Labute approximate surface area is 130 Å². The van der Waals surface area contributed by atoms with Crippen molar-refractivity contribution in [2.45, 2.75) is 33.2 Å². The first-order valence-electron chi connectivity index (χ1n) is 7.18. The molecule has 0 heterocycles. The molecule has 0 aliphatic carbocycles. The van der Waals surface area contributed by atoms with Crippen LogP contribution in [-0.2, 0) is 0 Å². The second kappa shape index (κ2) is 7.05. The number of rotatable bonds is 5. The van der Waals surface area contributed by atoms with E-state index in [1.54, 1.807) is 0 Å². The summed E-state index contributed by atoms with van der Waals surface area (Å²) in [4.78, 5) is 0. The predicted octanol–water partition coefficient (Wildman–Crippen LogP) is 5.15. The lowest BCUT2D eigenvalue weighted by molar-refractivity contribution is 0.596. The average Bonchev–Trinajstić information content (AvgIpc) is 2.45. The third kappa shape index (κ3) is 3.50. The van der Waals surface area contributed by atoms with Gasteiger partial charge in [-0.1, -0.05) is 59.3 Å². The van der Waals surface area contributed by atoms with Gasteiger partial charge in [0.2, 0.25) is 0 Å². The van der Waals surface area contributed by atoms with Crippen LogP contribution in [0.4, 0.5) is 0 Å². The lowest BCUT2D eigenvalue weighted by atomic mass is 9.93. The Hall–Kier alpha value is -1.12. The van der Waals surface area contributed by atoms with E-state index in [1.165, 1.54) is 26.7 Å². The highest BCUT2D eigenvalue weighted by Crippen LogP contribution is 2.29. The van der Waals surface area contributed by atoms with Crippen LogP contribution in [-0.4, -0.2) is 6.54 Å². The average molecular weight is 332 g/mol. The van der Waals surface area contributed by atoms with Crippen LogP contribution >= 0.6 is 15.9 Å². The SMILES string of the molecule is CCCNC(c1ccccc1)c1cc(C)c(Br)cc1C. The molecule has 0 radical (unpaired) electrons. The number of hydrogen-bond donors (Lipinski definition) is 1. The first kappa shape index (κ1) is 15.3. The van der Waals surface area contributed by atoms with Crippen molar-refractivity contribution in [3.05, 3.63) is 69.2 Å². The Balaban J connectivity index is 2.44. The van der Waals surface area contributed by atoms with Gasteiger partial charge in [-0.3, -0.25) is 0 Å². The van der Waals surface area contributed by atoms with E-state index >= 15 is 0 Å². The Kier molecular flexibility index (Phi) is 5.38. The fourth-order valence-corrected chi connectivity index (χ4v) is 2.91. The van der Waals surface area contributed by atoms with E-state index in [-0.39, 0.29) is 6.04 Å². The molecule has 0 aromatic heterocycles. The van der Waals surface area contributed by atoms with Crippen molar-refractivity contribution in [3.63, 3.8) is 0 Å². The number of benzene rings is 2.